The summed E-state index contributed by atoms with van der Waals surface area (Å²) in [6.07, 6.45) is 0. The van der Waals surface area contributed by atoms with E-state index in [9.17, 15) is 9.18 Å². The van der Waals surface area contributed by atoms with Crippen molar-refractivity contribution in [1.29, 1.82) is 0 Å². The zero-order valence-corrected chi connectivity index (χ0v) is 14.9. The lowest BCUT2D eigenvalue weighted by Crippen LogP contribution is -2.48. The Hall–Kier alpha value is -1.70. The number of carbonyl (C=O) groups is 1. The maximum absolute atomic E-state index is 13.8. The second-order valence-corrected chi connectivity index (χ2v) is 8.19. The normalized spacial score (nSPS) is 15.2. The number of rotatable bonds is 2. The van der Waals surface area contributed by atoms with E-state index < -0.39 is 0 Å². The van der Waals surface area contributed by atoms with Crippen molar-refractivity contribution in [2.75, 3.05) is 31.1 Å². The zero-order valence-electron chi connectivity index (χ0n) is 12.5. The molecule has 0 spiro atoms. The van der Waals surface area contributed by atoms with Crippen LogP contribution in [-0.2, 0) is 0 Å². The van der Waals surface area contributed by atoms with E-state index in [1.807, 2.05) is 11.0 Å². The summed E-state index contributed by atoms with van der Waals surface area (Å²) in [4.78, 5) is 21.5. The number of thiophene rings is 1. The smallest absolute Gasteiger partial charge is 0.264 e. The van der Waals surface area contributed by atoms with Gasteiger partial charge in [-0.1, -0.05) is 29.0 Å². The minimum absolute atomic E-state index is 0.0156. The molecule has 1 fully saturated rings. The van der Waals surface area contributed by atoms with Crippen molar-refractivity contribution in [3.8, 4) is 0 Å². The minimum Gasteiger partial charge on any atom is -0.345 e. The number of benzene rings is 1. The van der Waals surface area contributed by atoms with Crippen molar-refractivity contribution in [1.82, 2.24) is 9.88 Å². The van der Waals surface area contributed by atoms with Gasteiger partial charge in [-0.2, -0.15) is 0 Å². The molecule has 124 valence electrons. The molecule has 0 unspecified atom stereocenters. The van der Waals surface area contributed by atoms with Crippen LogP contribution in [0, 0.1) is 5.82 Å². The molecule has 1 aliphatic rings. The van der Waals surface area contributed by atoms with Crippen molar-refractivity contribution in [2.45, 2.75) is 0 Å². The van der Waals surface area contributed by atoms with Crippen LogP contribution in [0.3, 0.4) is 0 Å². The number of fused-ring (bicyclic) bond motifs is 1. The highest BCUT2D eigenvalue weighted by molar-refractivity contribution is 7.22. The van der Waals surface area contributed by atoms with Gasteiger partial charge in [0.1, 0.15) is 11.3 Å². The van der Waals surface area contributed by atoms with Gasteiger partial charge in [0.2, 0.25) is 0 Å². The van der Waals surface area contributed by atoms with Crippen LogP contribution in [0.5, 0.6) is 0 Å². The van der Waals surface area contributed by atoms with E-state index in [0.29, 0.717) is 40.9 Å². The Labute approximate surface area is 151 Å². The van der Waals surface area contributed by atoms with Crippen LogP contribution in [0.1, 0.15) is 9.67 Å². The fraction of sp³-hybridized carbons (Fsp3) is 0.250. The highest BCUT2D eigenvalue weighted by Gasteiger charge is 2.25. The van der Waals surface area contributed by atoms with E-state index in [-0.39, 0.29) is 11.7 Å². The Kier molecular flexibility index (Phi) is 4.15. The monoisotopic (exact) mass is 381 g/mol. The molecule has 1 aromatic carbocycles. The molecule has 1 aliphatic heterocycles. The average molecular weight is 382 g/mol. The van der Waals surface area contributed by atoms with Crippen LogP contribution in [-0.4, -0.2) is 42.0 Å². The van der Waals surface area contributed by atoms with Gasteiger partial charge in [0.05, 0.1) is 13.9 Å². The van der Waals surface area contributed by atoms with Crippen LogP contribution in [0.25, 0.3) is 10.2 Å². The number of nitrogens with zero attached hydrogens (tertiary/aromatic N) is 3. The Morgan fingerprint density at radius 3 is 2.58 bits per heavy atom. The van der Waals surface area contributed by atoms with E-state index in [2.05, 4.69) is 9.88 Å². The molecule has 8 heteroatoms. The second kappa shape index (κ2) is 6.31. The fourth-order valence-corrected chi connectivity index (χ4v) is 4.77. The number of anilines is 1. The predicted molar refractivity (Wildman–Crippen MR) is 97.0 cm³/mol. The van der Waals surface area contributed by atoms with Crippen LogP contribution in [0.15, 0.2) is 30.3 Å². The maximum atomic E-state index is 13.8. The number of piperazine rings is 1. The van der Waals surface area contributed by atoms with Gasteiger partial charge in [-0.15, -0.1) is 11.3 Å². The number of thiazole rings is 1. The summed E-state index contributed by atoms with van der Waals surface area (Å²) < 4.78 is 15.3. The van der Waals surface area contributed by atoms with Crippen molar-refractivity contribution in [2.24, 2.45) is 0 Å². The topological polar surface area (TPSA) is 36.4 Å². The molecule has 0 bridgehead atoms. The molecule has 0 atom stereocenters. The van der Waals surface area contributed by atoms with Gasteiger partial charge in [-0.3, -0.25) is 4.79 Å². The van der Waals surface area contributed by atoms with Gasteiger partial charge in [0.25, 0.3) is 5.91 Å². The summed E-state index contributed by atoms with van der Waals surface area (Å²) in [7, 11) is 0. The summed E-state index contributed by atoms with van der Waals surface area (Å²) in [6.45, 7) is 2.61. The third kappa shape index (κ3) is 2.87. The molecule has 2 aromatic heterocycles. The average Bonchev–Trinajstić information content (AvgIpc) is 3.21. The third-order valence-corrected chi connectivity index (χ3v) is 6.28. The zero-order chi connectivity index (χ0) is 16.7. The van der Waals surface area contributed by atoms with Gasteiger partial charge in [0, 0.05) is 26.2 Å². The molecule has 1 amide bonds. The van der Waals surface area contributed by atoms with Crippen molar-refractivity contribution < 1.29 is 9.18 Å². The van der Waals surface area contributed by atoms with E-state index in [1.165, 1.54) is 28.7 Å². The lowest BCUT2D eigenvalue weighted by Gasteiger charge is -2.34. The minimum atomic E-state index is -0.293. The highest BCUT2D eigenvalue weighted by atomic mass is 35.5. The second-order valence-electron chi connectivity index (χ2n) is 5.47. The molecule has 4 rings (SSSR count). The Morgan fingerprint density at radius 2 is 1.92 bits per heavy atom. The van der Waals surface area contributed by atoms with Gasteiger partial charge in [0.15, 0.2) is 5.13 Å². The number of halogens is 2. The lowest BCUT2D eigenvalue weighted by molar-refractivity contribution is 0.0751. The molecule has 3 heterocycles. The van der Waals surface area contributed by atoms with Gasteiger partial charge >= 0.3 is 0 Å². The highest BCUT2D eigenvalue weighted by Crippen LogP contribution is 2.31. The summed E-state index contributed by atoms with van der Waals surface area (Å²) >= 11 is 8.68. The number of hydrogen-bond donors (Lipinski definition) is 0. The molecular weight excluding hydrogens is 369 g/mol. The van der Waals surface area contributed by atoms with Crippen molar-refractivity contribution in [3.63, 3.8) is 0 Å². The standard InChI is InChI=1S/C16H13ClFN3OS2/c17-13-5-4-12(23-13)15(22)20-6-8-21(9-7-20)16-19-14-10(18)2-1-3-11(14)24-16/h1-5H,6-9H2. The molecule has 3 aromatic rings. The maximum Gasteiger partial charge on any atom is 0.264 e. The quantitative estimate of drug-likeness (QED) is 0.670. The van der Waals surface area contributed by atoms with Gasteiger partial charge in [-0.05, 0) is 24.3 Å². The Balaban J connectivity index is 1.47. The fourth-order valence-electron chi connectivity index (χ4n) is 2.72. The number of carbonyl (C=O) groups excluding carboxylic acids is 1. The number of para-hydroxylation sites is 1. The van der Waals surface area contributed by atoms with Crippen LogP contribution >= 0.6 is 34.3 Å². The molecular formula is C16H13ClFN3OS2. The molecule has 0 aliphatic carbocycles. The third-order valence-electron chi connectivity index (χ3n) is 3.98. The summed E-state index contributed by atoms with van der Waals surface area (Å²) in [5, 5.41) is 0.807. The first kappa shape index (κ1) is 15.8. The predicted octanol–water partition coefficient (Wildman–Crippen LogP) is 4.11. The first-order valence-corrected chi connectivity index (χ1v) is 9.47. The van der Waals surface area contributed by atoms with E-state index >= 15 is 0 Å². The Bertz CT molecular complexity index is 902. The van der Waals surface area contributed by atoms with E-state index in [1.54, 1.807) is 18.2 Å². The molecule has 0 N–H and O–H groups in total. The van der Waals surface area contributed by atoms with Crippen LogP contribution < -0.4 is 4.90 Å². The molecule has 4 nitrogen and oxygen atoms in total. The number of amides is 1. The first-order chi connectivity index (χ1) is 11.6. The van der Waals surface area contributed by atoms with Crippen molar-refractivity contribution >= 4 is 55.5 Å². The summed E-state index contributed by atoms with van der Waals surface area (Å²) in [5.41, 5.74) is 0.421. The SMILES string of the molecule is O=C(c1ccc(Cl)s1)N1CCN(c2nc3c(F)cccc3s2)CC1. The summed E-state index contributed by atoms with van der Waals surface area (Å²) in [5.74, 6) is -0.278. The van der Waals surface area contributed by atoms with E-state index in [0.717, 1.165) is 9.83 Å². The first-order valence-electron chi connectivity index (χ1n) is 7.46. The van der Waals surface area contributed by atoms with Gasteiger partial charge in [-0.25, -0.2) is 9.37 Å². The summed E-state index contributed by atoms with van der Waals surface area (Å²) in [6, 6.07) is 8.50. The van der Waals surface area contributed by atoms with Crippen molar-refractivity contribution in [3.05, 3.63) is 45.4 Å². The number of hydrogen-bond acceptors (Lipinski definition) is 5. The van der Waals surface area contributed by atoms with E-state index in [4.69, 9.17) is 11.6 Å². The molecule has 0 radical (unpaired) electrons. The van der Waals surface area contributed by atoms with Gasteiger partial charge < -0.3 is 9.80 Å². The molecule has 0 saturated carbocycles. The number of aromatic nitrogens is 1. The van der Waals surface area contributed by atoms with Crippen LogP contribution in [0.2, 0.25) is 4.34 Å². The van der Waals surface area contributed by atoms with Crippen LogP contribution in [0.4, 0.5) is 9.52 Å². The lowest BCUT2D eigenvalue weighted by atomic mass is 10.3. The Morgan fingerprint density at radius 1 is 1.12 bits per heavy atom. The molecule has 24 heavy (non-hydrogen) atoms. The largest absolute Gasteiger partial charge is 0.345 e. The molecule has 1 saturated heterocycles.